The fourth-order valence-corrected chi connectivity index (χ4v) is 5.37. The molecule has 0 aliphatic carbocycles. The molecule has 31 heavy (non-hydrogen) atoms. The lowest BCUT2D eigenvalue weighted by atomic mass is 10.2. The third-order valence-corrected chi connectivity index (χ3v) is 8.02. The third-order valence-electron chi connectivity index (χ3n) is 4.68. The van der Waals surface area contributed by atoms with Crippen LogP contribution < -0.4 is 14.8 Å². The van der Waals surface area contributed by atoms with E-state index < -0.39 is 26.0 Å². The minimum absolute atomic E-state index is 0.0621. The summed E-state index contributed by atoms with van der Waals surface area (Å²) in [7, 11) is -4.95. The fourth-order valence-electron chi connectivity index (χ4n) is 3.01. The summed E-state index contributed by atoms with van der Waals surface area (Å²) >= 11 is 0. The van der Waals surface area contributed by atoms with Crippen LogP contribution in [0.15, 0.2) is 52.3 Å². The maximum Gasteiger partial charge on any atom is 0.255 e. The number of nitrogens with one attached hydrogen (secondary N) is 2. The van der Waals surface area contributed by atoms with Crippen molar-refractivity contribution in [3.05, 3.63) is 48.0 Å². The van der Waals surface area contributed by atoms with Crippen LogP contribution >= 0.6 is 0 Å². The highest BCUT2D eigenvalue weighted by Crippen LogP contribution is 2.30. The van der Waals surface area contributed by atoms with Crippen LogP contribution in [0, 0.1) is 0 Å². The number of ether oxygens (including phenoxy) is 2. The standard InChI is InChI=1S/C19H23N3O7S2/c1-20-30(24,25)16-5-3-4-14(12-16)19(23)21-15-6-7-17(28-2)18(13-15)31(26,27)22-8-10-29-11-9-22/h3-7,12-13,20H,8-11H2,1-2H3,(H,21,23). The summed E-state index contributed by atoms with van der Waals surface area (Å²) in [4.78, 5) is 12.5. The smallest absolute Gasteiger partial charge is 0.255 e. The normalized spacial score (nSPS) is 15.4. The van der Waals surface area contributed by atoms with Gasteiger partial charge in [0.25, 0.3) is 5.91 Å². The van der Waals surface area contributed by atoms with Gasteiger partial charge in [-0.05, 0) is 43.4 Å². The van der Waals surface area contributed by atoms with Gasteiger partial charge in [0, 0.05) is 24.3 Å². The van der Waals surface area contributed by atoms with E-state index in [1.165, 1.54) is 60.9 Å². The number of rotatable bonds is 7. The summed E-state index contributed by atoms with van der Waals surface area (Å²) in [6, 6.07) is 9.77. The van der Waals surface area contributed by atoms with Crippen LogP contribution in [0.5, 0.6) is 5.75 Å². The first-order chi connectivity index (χ1) is 14.7. The highest BCUT2D eigenvalue weighted by atomic mass is 32.2. The van der Waals surface area contributed by atoms with Gasteiger partial charge in [-0.15, -0.1) is 0 Å². The van der Waals surface area contributed by atoms with Gasteiger partial charge in [-0.1, -0.05) is 6.07 Å². The topological polar surface area (TPSA) is 131 Å². The molecule has 2 N–H and O–H groups in total. The van der Waals surface area contributed by atoms with E-state index >= 15 is 0 Å². The minimum atomic E-state index is -3.87. The van der Waals surface area contributed by atoms with Crippen molar-refractivity contribution in [3.8, 4) is 5.75 Å². The molecule has 0 spiro atoms. The Morgan fingerprint density at radius 3 is 2.42 bits per heavy atom. The van der Waals surface area contributed by atoms with Crippen molar-refractivity contribution in [1.82, 2.24) is 9.03 Å². The summed E-state index contributed by atoms with van der Waals surface area (Å²) in [5, 5.41) is 2.60. The molecule has 1 amide bonds. The van der Waals surface area contributed by atoms with E-state index in [0.717, 1.165) is 0 Å². The number of methoxy groups -OCH3 is 1. The number of morpholine rings is 1. The van der Waals surface area contributed by atoms with Crippen LogP contribution in [-0.2, 0) is 24.8 Å². The van der Waals surface area contributed by atoms with Crippen LogP contribution in [0.2, 0.25) is 0 Å². The minimum Gasteiger partial charge on any atom is -0.495 e. The Balaban J connectivity index is 1.90. The fraction of sp³-hybridized carbons (Fsp3) is 0.316. The summed E-state index contributed by atoms with van der Waals surface area (Å²) in [5.41, 5.74) is 0.323. The lowest BCUT2D eigenvalue weighted by molar-refractivity contribution is 0.0729. The highest BCUT2D eigenvalue weighted by Gasteiger charge is 2.29. The van der Waals surface area contributed by atoms with Crippen molar-refractivity contribution in [3.63, 3.8) is 0 Å². The van der Waals surface area contributed by atoms with Gasteiger partial charge in [0.1, 0.15) is 10.6 Å². The summed E-state index contributed by atoms with van der Waals surface area (Å²) < 4.78 is 64.0. The molecule has 3 rings (SSSR count). The maximum atomic E-state index is 13.1. The van der Waals surface area contributed by atoms with Crippen molar-refractivity contribution in [1.29, 1.82) is 0 Å². The first-order valence-electron chi connectivity index (χ1n) is 9.30. The zero-order valence-electron chi connectivity index (χ0n) is 17.0. The molecule has 2 aromatic carbocycles. The summed E-state index contributed by atoms with van der Waals surface area (Å²) in [6.45, 7) is 1.03. The zero-order valence-corrected chi connectivity index (χ0v) is 18.6. The van der Waals surface area contributed by atoms with Gasteiger partial charge in [0.2, 0.25) is 20.0 Å². The van der Waals surface area contributed by atoms with Crippen LogP contribution in [0.1, 0.15) is 10.4 Å². The third kappa shape index (κ3) is 5.05. The number of amides is 1. The van der Waals surface area contributed by atoms with E-state index in [-0.39, 0.29) is 39.9 Å². The molecule has 12 heteroatoms. The molecule has 168 valence electrons. The van der Waals surface area contributed by atoms with Gasteiger partial charge in [-0.3, -0.25) is 4.79 Å². The lowest BCUT2D eigenvalue weighted by Crippen LogP contribution is -2.40. The molecule has 1 fully saturated rings. The molecule has 1 aliphatic heterocycles. The molecule has 1 saturated heterocycles. The Kier molecular flexibility index (Phi) is 6.96. The van der Waals surface area contributed by atoms with E-state index in [0.29, 0.717) is 13.2 Å². The number of hydrogen-bond donors (Lipinski definition) is 2. The molecule has 0 bridgehead atoms. The predicted molar refractivity (Wildman–Crippen MR) is 113 cm³/mol. The van der Waals surface area contributed by atoms with E-state index in [1.54, 1.807) is 0 Å². The number of benzene rings is 2. The lowest BCUT2D eigenvalue weighted by Gasteiger charge is -2.26. The van der Waals surface area contributed by atoms with Crippen molar-refractivity contribution in [2.24, 2.45) is 0 Å². The molecule has 2 aromatic rings. The van der Waals surface area contributed by atoms with E-state index in [9.17, 15) is 21.6 Å². The second kappa shape index (κ2) is 9.32. The van der Waals surface area contributed by atoms with E-state index in [4.69, 9.17) is 9.47 Å². The number of carbonyl (C=O) groups is 1. The largest absolute Gasteiger partial charge is 0.495 e. The van der Waals surface area contributed by atoms with Crippen LogP contribution in [0.4, 0.5) is 5.69 Å². The molecule has 0 radical (unpaired) electrons. The molecule has 0 atom stereocenters. The number of anilines is 1. The molecule has 1 heterocycles. The predicted octanol–water partition coefficient (Wildman–Crippen LogP) is 0.877. The Morgan fingerprint density at radius 2 is 1.77 bits per heavy atom. The van der Waals surface area contributed by atoms with Crippen LogP contribution in [0.3, 0.4) is 0 Å². The van der Waals surface area contributed by atoms with E-state index in [2.05, 4.69) is 10.0 Å². The van der Waals surface area contributed by atoms with Gasteiger partial charge in [0.05, 0.1) is 25.2 Å². The Bertz CT molecular complexity index is 1170. The molecular formula is C19H23N3O7S2. The molecule has 0 aromatic heterocycles. The van der Waals surface area contributed by atoms with Gasteiger partial charge in [-0.2, -0.15) is 4.31 Å². The van der Waals surface area contributed by atoms with Gasteiger partial charge >= 0.3 is 0 Å². The van der Waals surface area contributed by atoms with Crippen molar-refractivity contribution in [2.45, 2.75) is 9.79 Å². The monoisotopic (exact) mass is 469 g/mol. The average Bonchev–Trinajstić information content (AvgIpc) is 2.79. The molecular weight excluding hydrogens is 446 g/mol. The number of sulfonamides is 2. The highest BCUT2D eigenvalue weighted by molar-refractivity contribution is 7.89. The first-order valence-corrected chi connectivity index (χ1v) is 12.2. The second-order valence-corrected chi connectivity index (χ2v) is 10.4. The molecule has 10 nitrogen and oxygen atoms in total. The maximum absolute atomic E-state index is 13.1. The molecule has 1 aliphatic rings. The van der Waals surface area contributed by atoms with Crippen LogP contribution in [0.25, 0.3) is 0 Å². The van der Waals surface area contributed by atoms with Crippen molar-refractivity contribution in [2.75, 3.05) is 45.8 Å². The summed E-state index contributed by atoms with van der Waals surface area (Å²) in [6.07, 6.45) is 0. The quantitative estimate of drug-likeness (QED) is 0.615. The average molecular weight is 470 g/mol. The van der Waals surface area contributed by atoms with Crippen molar-refractivity contribution < 1.29 is 31.1 Å². The van der Waals surface area contributed by atoms with Crippen molar-refractivity contribution >= 4 is 31.6 Å². The van der Waals surface area contributed by atoms with Gasteiger partial charge in [-0.25, -0.2) is 21.6 Å². The zero-order chi connectivity index (χ0) is 22.6. The van der Waals surface area contributed by atoms with Crippen LogP contribution in [-0.4, -0.2) is 67.5 Å². The van der Waals surface area contributed by atoms with Gasteiger partial charge < -0.3 is 14.8 Å². The Morgan fingerprint density at radius 1 is 1.06 bits per heavy atom. The van der Waals surface area contributed by atoms with E-state index in [1.807, 2.05) is 0 Å². The number of carbonyl (C=O) groups excluding carboxylic acids is 1. The molecule has 0 saturated carbocycles. The summed E-state index contributed by atoms with van der Waals surface area (Å²) in [5.74, 6) is -0.445. The molecule has 0 unspecified atom stereocenters. The van der Waals surface area contributed by atoms with Gasteiger partial charge in [0.15, 0.2) is 0 Å². The number of nitrogens with zero attached hydrogens (tertiary/aromatic N) is 1. The second-order valence-electron chi connectivity index (χ2n) is 6.57. The number of hydrogen-bond acceptors (Lipinski definition) is 7. The SMILES string of the molecule is CNS(=O)(=O)c1cccc(C(=O)Nc2ccc(OC)c(S(=O)(=O)N3CCOCC3)c2)c1. The Labute approximate surface area is 181 Å². The first kappa shape index (κ1) is 23.2. The Hall–Kier alpha value is -2.51.